The second kappa shape index (κ2) is 9.96. The summed E-state index contributed by atoms with van der Waals surface area (Å²) in [6, 6.07) is 7.13. The molecule has 1 N–H and O–H groups in total. The van der Waals surface area contributed by atoms with Gasteiger partial charge in [-0.15, -0.1) is 0 Å². The molecule has 0 aromatic heterocycles. The number of urea groups is 1. The zero-order chi connectivity index (χ0) is 22.5. The molecular weight excluding hydrogens is 382 g/mol. The zero-order valence-corrected chi connectivity index (χ0v) is 19.0. The van der Waals surface area contributed by atoms with Gasteiger partial charge in [0.25, 0.3) is 5.91 Å². The Balaban J connectivity index is 2.03. The standard InChI is InChI=1S/C23H35N3O4/c1-16(2)13-25(14-17(3)4)20(27)15-26-21(28)23(5,24-22(26)29)12-11-18-7-9-19(30-6)10-8-18/h7-10,16-17H,11-15H2,1-6H3,(H,24,29)/t23-/m1/s1. The van der Waals surface area contributed by atoms with Gasteiger partial charge in [0.1, 0.15) is 17.8 Å². The number of aryl methyl sites for hydroxylation is 1. The van der Waals surface area contributed by atoms with Crippen molar-refractivity contribution in [2.45, 2.75) is 53.0 Å². The third-order valence-corrected chi connectivity index (χ3v) is 5.24. The van der Waals surface area contributed by atoms with Crippen LogP contribution in [0.25, 0.3) is 0 Å². The highest BCUT2D eigenvalue weighted by atomic mass is 16.5. The quantitative estimate of drug-likeness (QED) is 0.594. The van der Waals surface area contributed by atoms with E-state index in [9.17, 15) is 14.4 Å². The maximum absolute atomic E-state index is 13.0. The number of benzene rings is 1. The second-order valence-electron chi connectivity index (χ2n) is 9.09. The number of hydrogen-bond donors (Lipinski definition) is 1. The van der Waals surface area contributed by atoms with Crippen LogP contribution in [-0.2, 0) is 16.0 Å². The summed E-state index contributed by atoms with van der Waals surface area (Å²) >= 11 is 0. The summed E-state index contributed by atoms with van der Waals surface area (Å²) in [7, 11) is 1.61. The second-order valence-corrected chi connectivity index (χ2v) is 9.09. The van der Waals surface area contributed by atoms with Crippen molar-refractivity contribution in [1.29, 1.82) is 0 Å². The van der Waals surface area contributed by atoms with Crippen molar-refractivity contribution in [2.24, 2.45) is 11.8 Å². The lowest BCUT2D eigenvalue weighted by molar-refractivity contribution is -0.139. The van der Waals surface area contributed by atoms with E-state index in [1.807, 2.05) is 52.0 Å². The van der Waals surface area contributed by atoms with Crippen molar-refractivity contribution < 1.29 is 19.1 Å². The van der Waals surface area contributed by atoms with Gasteiger partial charge < -0.3 is 15.0 Å². The van der Waals surface area contributed by atoms with Gasteiger partial charge in [0, 0.05) is 13.1 Å². The summed E-state index contributed by atoms with van der Waals surface area (Å²) in [4.78, 5) is 41.2. The van der Waals surface area contributed by atoms with Crippen molar-refractivity contribution >= 4 is 17.8 Å². The number of ether oxygens (including phenoxy) is 1. The highest BCUT2D eigenvalue weighted by Gasteiger charge is 2.48. The van der Waals surface area contributed by atoms with E-state index >= 15 is 0 Å². The smallest absolute Gasteiger partial charge is 0.325 e. The molecule has 1 atom stereocenters. The van der Waals surface area contributed by atoms with Gasteiger partial charge in [-0.25, -0.2) is 4.79 Å². The molecule has 7 heteroatoms. The predicted octanol–water partition coefficient (Wildman–Crippen LogP) is 3.08. The molecule has 1 aromatic rings. The van der Waals surface area contributed by atoms with E-state index in [4.69, 9.17) is 4.74 Å². The molecule has 1 saturated heterocycles. The van der Waals surface area contributed by atoms with Crippen LogP contribution in [0.4, 0.5) is 4.79 Å². The number of carbonyl (C=O) groups is 3. The molecule has 7 nitrogen and oxygen atoms in total. The van der Waals surface area contributed by atoms with Crippen molar-refractivity contribution in [3.63, 3.8) is 0 Å². The van der Waals surface area contributed by atoms with Gasteiger partial charge in [0.2, 0.25) is 5.91 Å². The van der Waals surface area contributed by atoms with Gasteiger partial charge in [0.05, 0.1) is 7.11 Å². The maximum Gasteiger partial charge on any atom is 0.325 e. The van der Waals surface area contributed by atoms with E-state index in [-0.39, 0.29) is 18.4 Å². The first-order valence-corrected chi connectivity index (χ1v) is 10.6. The first-order chi connectivity index (χ1) is 14.1. The van der Waals surface area contributed by atoms with Crippen molar-refractivity contribution in [3.8, 4) is 5.75 Å². The lowest BCUT2D eigenvalue weighted by Crippen LogP contribution is -2.47. The van der Waals surface area contributed by atoms with Gasteiger partial charge in [-0.1, -0.05) is 39.8 Å². The van der Waals surface area contributed by atoms with E-state index in [0.717, 1.165) is 16.2 Å². The molecular formula is C23H35N3O4. The molecule has 1 fully saturated rings. The molecule has 1 aliphatic rings. The third-order valence-electron chi connectivity index (χ3n) is 5.24. The number of imide groups is 1. The highest BCUT2D eigenvalue weighted by molar-refractivity contribution is 6.08. The first kappa shape index (κ1) is 23.7. The van der Waals surface area contributed by atoms with E-state index < -0.39 is 11.6 Å². The summed E-state index contributed by atoms with van der Waals surface area (Å²) in [5, 5.41) is 2.79. The predicted molar refractivity (Wildman–Crippen MR) is 116 cm³/mol. The Morgan fingerprint density at radius 3 is 2.17 bits per heavy atom. The zero-order valence-electron chi connectivity index (χ0n) is 19.0. The molecule has 2 rings (SSSR count). The molecule has 0 aliphatic carbocycles. The largest absolute Gasteiger partial charge is 0.497 e. The van der Waals surface area contributed by atoms with Gasteiger partial charge in [-0.3, -0.25) is 14.5 Å². The molecule has 1 heterocycles. The highest BCUT2D eigenvalue weighted by Crippen LogP contribution is 2.24. The van der Waals surface area contributed by atoms with Crippen LogP contribution in [0.15, 0.2) is 24.3 Å². The Hall–Kier alpha value is -2.57. The molecule has 0 saturated carbocycles. The fourth-order valence-electron chi connectivity index (χ4n) is 3.64. The Morgan fingerprint density at radius 1 is 1.10 bits per heavy atom. The fourth-order valence-corrected chi connectivity index (χ4v) is 3.64. The SMILES string of the molecule is COc1ccc(CC[C@@]2(C)NC(=O)N(CC(=O)N(CC(C)C)CC(C)C)C2=O)cc1. The summed E-state index contributed by atoms with van der Waals surface area (Å²) in [6.45, 7) is 10.9. The van der Waals surface area contributed by atoms with Crippen LogP contribution in [0.5, 0.6) is 5.75 Å². The number of hydrogen-bond acceptors (Lipinski definition) is 4. The van der Waals surface area contributed by atoms with Crippen LogP contribution in [0.2, 0.25) is 0 Å². The van der Waals surface area contributed by atoms with Crippen LogP contribution in [0.1, 0.15) is 46.6 Å². The molecule has 166 valence electrons. The van der Waals surface area contributed by atoms with Crippen LogP contribution >= 0.6 is 0 Å². The molecule has 30 heavy (non-hydrogen) atoms. The minimum atomic E-state index is -1.02. The first-order valence-electron chi connectivity index (χ1n) is 10.6. The minimum Gasteiger partial charge on any atom is -0.497 e. The van der Waals surface area contributed by atoms with E-state index in [1.165, 1.54) is 0 Å². The molecule has 1 aromatic carbocycles. The van der Waals surface area contributed by atoms with E-state index in [0.29, 0.717) is 37.8 Å². The van der Waals surface area contributed by atoms with Crippen LogP contribution < -0.4 is 10.1 Å². The number of nitrogens with zero attached hydrogens (tertiary/aromatic N) is 2. The Labute approximate surface area is 179 Å². The fraction of sp³-hybridized carbons (Fsp3) is 0.609. The number of rotatable bonds is 10. The molecule has 0 radical (unpaired) electrons. The van der Waals surface area contributed by atoms with Crippen LogP contribution in [0, 0.1) is 11.8 Å². The molecule has 0 spiro atoms. The van der Waals surface area contributed by atoms with Crippen LogP contribution in [-0.4, -0.2) is 59.9 Å². The normalized spacial score (nSPS) is 18.9. The number of nitrogens with one attached hydrogen (secondary N) is 1. The maximum atomic E-state index is 13.0. The summed E-state index contributed by atoms with van der Waals surface area (Å²) in [5.41, 5.74) is 0.0340. The van der Waals surface area contributed by atoms with Gasteiger partial charge >= 0.3 is 6.03 Å². The number of methoxy groups -OCH3 is 1. The Morgan fingerprint density at radius 2 is 1.67 bits per heavy atom. The number of amides is 4. The lowest BCUT2D eigenvalue weighted by atomic mass is 9.93. The van der Waals surface area contributed by atoms with E-state index in [1.54, 1.807) is 18.9 Å². The summed E-state index contributed by atoms with van der Waals surface area (Å²) in [5.74, 6) is 0.854. The molecule has 0 unspecified atom stereocenters. The number of carbonyl (C=O) groups excluding carboxylic acids is 3. The van der Waals surface area contributed by atoms with Gasteiger partial charge in [0.15, 0.2) is 0 Å². The Kier molecular flexibility index (Phi) is 7.87. The molecule has 0 bridgehead atoms. The molecule has 1 aliphatic heterocycles. The average Bonchev–Trinajstić information content (AvgIpc) is 2.89. The van der Waals surface area contributed by atoms with Gasteiger partial charge in [-0.2, -0.15) is 0 Å². The van der Waals surface area contributed by atoms with E-state index in [2.05, 4.69) is 5.32 Å². The topological polar surface area (TPSA) is 79.0 Å². The average molecular weight is 418 g/mol. The van der Waals surface area contributed by atoms with Crippen LogP contribution in [0.3, 0.4) is 0 Å². The summed E-state index contributed by atoms with van der Waals surface area (Å²) in [6.07, 6.45) is 1.08. The van der Waals surface area contributed by atoms with Crippen molar-refractivity contribution in [2.75, 3.05) is 26.7 Å². The minimum absolute atomic E-state index is 0.194. The third kappa shape index (κ3) is 5.97. The van der Waals surface area contributed by atoms with Crippen molar-refractivity contribution in [1.82, 2.24) is 15.1 Å². The van der Waals surface area contributed by atoms with Gasteiger partial charge in [-0.05, 0) is 49.3 Å². The lowest BCUT2D eigenvalue weighted by Gasteiger charge is -2.28. The monoisotopic (exact) mass is 417 g/mol. The Bertz CT molecular complexity index is 750. The molecule has 4 amide bonds. The summed E-state index contributed by atoms with van der Waals surface area (Å²) < 4.78 is 5.16. The van der Waals surface area contributed by atoms with Crippen molar-refractivity contribution in [3.05, 3.63) is 29.8 Å².